The van der Waals surface area contributed by atoms with Crippen molar-refractivity contribution >= 4 is 49.4 Å². The van der Waals surface area contributed by atoms with Crippen LogP contribution in [-0.4, -0.2) is 0 Å². The number of benzene rings is 7. The van der Waals surface area contributed by atoms with E-state index in [1.165, 1.54) is 54.7 Å². The summed E-state index contributed by atoms with van der Waals surface area (Å²) < 4.78 is 0. The van der Waals surface area contributed by atoms with Crippen LogP contribution in [0, 0.1) is 6.92 Å². The van der Waals surface area contributed by atoms with Crippen molar-refractivity contribution in [1.82, 2.24) is 0 Å². The lowest BCUT2D eigenvalue weighted by Gasteiger charge is -2.28. The maximum absolute atomic E-state index is 2.40. The highest BCUT2D eigenvalue weighted by Crippen LogP contribution is 2.45. The van der Waals surface area contributed by atoms with Gasteiger partial charge in [-0.1, -0.05) is 109 Å². The summed E-state index contributed by atoms with van der Waals surface area (Å²) >= 11 is 0. The summed E-state index contributed by atoms with van der Waals surface area (Å²) in [7, 11) is 0. The van der Waals surface area contributed by atoms with Crippen molar-refractivity contribution < 1.29 is 0 Å². The third-order valence-electron chi connectivity index (χ3n) is 7.25. The molecule has 1 heteroatoms. The fraction of sp³-hybridized carbons (Fsp3) is 0.0286. The summed E-state index contributed by atoms with van der Waals surface area (Å²) in [6.45, 7) is 2.14. The van der Waals surface area contributed by atoms with Crippen LogP contribution in [0.2, 0.25) is 0 Å². The Balaban J connectivity index is 1.50. The first kappa shape index (κ1) is 20.7. The van der Waals surface area contributed by atoms with Crippen molar-refractivity contribution in [2.45, 2.75) is 6.92 Å². The highest BCUT2D eigenvalue weighted by Gasteiger charge is 2.19. The Morgan fingerprint density at radius 1 is 0.444 bits per heavy atom. The van der Waals surface area contributed by atoms with Gasteiger partial charge in [0.25, 0.3) is 0 Å². The minimum atomic E-state index is 1.15. The molecule has 7 aromatic carbocycles. The van der Waals surface area contributed by atoms with Crippen LogP contribution < -0.4 is 4.90 Å². The van der Waals surface area contributed by atoms with E-state index < -0.39 is 0 Å². The molecule has 0 aliphatic carbocycles. The first-order valence-corrected chi connectivity index (χ1v) is 12.5. The lowest BCUT2D eigenvalue weighted by atomic mass is 9.92. The van der Waals surface area contributed by atoms with E-state index in [1.807, 2.05) is 0 Å². The summed E-state index contributed by atoms with van der Waals surface area (Å²) in [5, 5.41) is 7.78. The molecular weight excluding hydrogens is 434 g/mol. The first-order valence-electron chi connectivity index (χ1n) is 12.5. The largest absolute Gasteiger partial charge is 0.310 e. The number of aryl methyl sites for hydroxylation is 1. The lowest BCUT2D eigenvalue weighted by molar-refractivity contribution is 1.29. The highest BCUT2D eigenvalue weighted by molar-refractivity contribution is 6.26. The van der Waals surface area contributed by atoms with Crippen LogP contribution >= 0.6 is 0 Å². The molecule has 0 bridgehead atoms. The van der Waals surface area contributed by atoms with Gasteiger partial charge in [0.2, 0.25) is 0 Å². The Labute approximate surface area is 211 Å². The van der Waals surface area contributed by atoms with E-state index >= 15 is 0 Å². The fourth-order valence-corrected chi connectivity index (χ4v) is 5.48. The molecule has 170 valence electrons. The third-order valence-corrected chi connectivity index (χ3v) is 7.25. The van der Waals surface area contributed by atoms with Crippen LogP contribution in [-0.2, 0) is 0 Å². The number of nitrogens with zero attached hydrogens (tertiary/aromatic N) is 1. The second-order valence-electron chi connectivity index (χ2n) is 9.53. The van der Waals surface area contributed by atoms with Gasteiger partial charge >= 0.3 is 0 Å². The third kappa shape index (κ3) is 3.32. The van der Waals surface area contributed by atoms with E-state index in [-0.39, 0.29) is 0 Å². The molecule has 7 rings (SSSR count). The summed E-state index contributed by atoms with van der Waals surface area (Å²) in [6, 6.07) is 48.5. The lowest BCUT2D eigenvalue weighted by Crippen LogP contribution is -2.10. The van der Waals surface area contributed by atoms with Crippen LogP contribution in [0.25, 0.3) is 43.4 Å². The van der Waals surface area contributed by atoms with Gasteiger partial charge in [-0.3, -0.25) is 0 Å². The first-order chi connectivity index (χ1) is 17.8. The maximum Gasteiger partial charge on any atom is 0.0546 e. The smallest absolute Gasteiger partial charge is 0.0546 e. The Morgan fingerprint density at radius 3 is 1.75 bits per heavy atom. The summed E-state index contributed by atoms with van der Waals surface area (Å²) in [5.41, 5.74) is 7.21. The number of rotatable bonds is 4. The normalized spacial score (nSPS) is 11.5. The van der Waals surface area contributed by atoms with Gasteiger partial charge in [-0.2, -0.15) is 0 Å². The fourth-order valence-electron chi connectivity index (χ4n) is 5.48. The van der Waals surface area contributed by atoms with E-state index in [2.05, 4.69) is 145 Å². The van der Waals surface area contributed by atoms with E-state index in [4.69, 9.17) is 0 Å². The van der Waals surface area contributed by atoms with Crippen molar-refractivity contribution in [3.8, 4) is 11.1 Å². The van der Waals surface area contributed by atoms with E-state index in [0.29, 0.717) is 0 Å². The molecule has 0 heterocycles. The average Bonchev–Trinajstić information content (AvgIpc) is 2.94. The second-order valence-corrected chi connectivity index (χ2v) is 9.53. The Morgan fingerprint density at radius 2 is 1.03 bits per heavy atom. The molecule has 0 atom stereocenters. The van der Waals surface area contributed by atoms with E-state index in [0.717, 1.165) is 11.4 Å². The molecule has 1 nitrogen and oxygen atoms in total. The molecule has 0 fully saturated rings. The monoisotopic (exact) mass is 459 g/mol. The molecule has 0 saturated carbocycles. The quantitative estimate of drug-likeness (QED) is 0.237. The van der Waals surface area contributed by atoms with E-state index in [9.17, 15) is 0 Å². The standard InChI is InChI=1S/C35H25N/c1-24-13-19-30(20-14-24)36(31-21-17-26(18-22-31)25-7-3-2-4-8-25)33-23-29-11-5-9-27-15-16-28-10-6-12-32(33)35(28)34(27)29/h2-23H,1H3. The van der Waals surface area contributed by atoms with Gasteiger partial charge in [0.1, 0.15) is 0 Å². The van der Waals surface area contributed by atoms with Gasteiger partial charge in [0.05, 0.1) is 5.69 Å². The molecule has 0 aliphatic rings. The van der Waals surface area contributed by atoms with Gasteiger partial charge in [-0.25, -0.2) is 0 Å². The van der Waals surface area contributed by atoms with Crippen molar-refractivity contribution in [3.05, 3.63) is 139 Å². The molecule has 0 radical (unpaired) electrons. The average molecular weight is 460 g/mol. The SMILES string of the molecule is Cc1ccc(N(c2ccc(-c3ccccc3)cc2)c2cc3cccc4ccc5cccc2c5c43)cc1. The van der Waals surface area contributed by atoms with Gasteiger partial charge in [-0.05, 0) is 75.3 Å². The predicted molar refractivity (Wildman–Crippen MR) is 155 cm³/mol. The van der Waals surface area contributed by atoms with Crippen LogP contribution in [0.1, 0.15) is 5.56 Å². The summed E-state index contributed by atoms with van der Waals surface area (Å²) in [6.07, 6.45) is 0. The minimum absolute atomic E-state index is 1.15. The van der Waals surface area contributed by atoms with Gasteiger partial charge in [-0.15, -0.1) is 0 Å². The van der Waals surface area contributed by atoms with Crippen LogP contribution in [0.3, 0.4) is 0 Å². The molecule has 0 aliphatic heterocycles. The Kier molecular flexibility index (Phi) is 4.75. The Hall–Kier alpha value is -4.62. The van der Waals surface area contributed by atoms with Gasteiger partial charge < -0.3 is 4.90 Å². The summed E-state index contributed by atoms with van der Waals surface area (Å²) in [5.74, 6) is 0. The summed E-state index contributed by atoms with van der Waals surface area (Å²) in [4.78, 5) is 2.40. The molecule has 0 saturated heterocycles. The minimum Gasteiger partial charge on any atom is -0.310 e. The molecule has 0 spiro atoms. The highest BCUT2D eigenvalue weighted by atomic mass is 15.1. The molecule has 0 N–H and O–H groups in total. The molecule has 7 aromatic rings. The van der Waals surface area contributed by atoms with Gasteiger partial charge in [0, 0.05) is 16.8 Å². The van der Waals surface area contributed by atoms with Crippen molar-refractivity contribution in [2.75, 3.05) is 4.90 Å². The van der Waals surface area contributed by atoms with Gasteiger partial charge in [0.15, 0.2) is 0 Å². The molecule has 0 unspecified atom stereocenters. The van der Waals surface area contributed by atoms with Crippen LogP contribution in [0.15, 0.2) is 133 Å². The predicted octanol–water partition coefficient (Wildman–Crippen LogP) is 10.0. The number of hydrogen-bond donors (Lipinski definition) is 0. The second kappa shape index (κ2) is 8.25. The number of hydrogen-bond acceptors (Lipinski definition) is 1. The zero-order valence-corrected chi connectivity index (χ0v) is 20.1. The Bertz CT molecular complexity index is 1810. The zero-order chi connectivity index (χ0) is 24.1. The molecular formula is C35H25N. The number of anilines is 3. The molecule has 0 amide bonds. The van der Waals surface area contributed by atoms with E-state index in [1.54, 1.807) is 0 Å². The van der Waals surface area contributed by atoms with Crippen molar-refractivity contribution in [2.24, 2.45) is 0 Å². The van der Waals surface area contributed by atoms with Crippen LogP contribution in [0.4, 0.5) is 17.1 Å². The van der Waals surface area contributed by atoms with Crippen molar-refractivity contribution in [1.29, 1.82) is 0 Å². The maximum atomic E-state index is 2.40. The van der Waals surface area contributed by atoms with Crippen molar-refractivity contribution in [3.63, 3.8) is 0 Å². The molecule has 0 aromatic heterocycles. The van der Waals surface area contributed by atoms with Crippen LogP contribution in [0.5, 0.6) is 0 Å². The topological polar surface area (TPSA) is 3.24 Å². The zero-order valence-electron chi connectivity index (χ0n) is 20.1. The molecule has 36 heavy (non-hydrogen) atoms.